The maximum absolute atomic E-state index is 12.9. The van der Waals surface area contributed by atoms with Crippen molar-refractivity contribution in [3.63, 3.8) is 0 Å². The molecule has 0 spiro atoms. The lowest BCUT2D eigenvalue weighted by Gasteiger charge is -2.09. The van der Waals surface area contributed by atoms with Crippen molar-refractivity contribution in [3.05, 3.63) is 53.3 Å². The Morgan fingerprint density at radius 1 is 1.11 bits per heavy atom. The van der Waals surface area contributed by atoms with E-state index in [0.29, 0.717) is 11.4 Å². The van der Waals surface area contributed by atoms with Gasteiger partial charge in [0.05, 0.1) is 5.69 Å². The van der Waals surface area contributed by atoms with Crippen LogP contribution in [0.15, 0.2) is 47.4 Å². The molecule has 2 aromatic carbocycles. The van der Waals surface area contributed by atoms with Gasteiger partial charge in [0.2, 0.25) is 0 Å². The molecule has 4 aromatic rings. The lowest BCUT2D eigenvalue weighted by Crippen LogP contribution is -2.14. The topological polar surface area (TPSA) is 68.9 Å². The van der Waals surface area contributed by atoms with Crippen molar-refractivity contribution in [1.29, 1.82) is 0 Å². The molecule has 1 N–H and O–H groups in total. The van der Waals surface area contributed by atoms with Crippen LogP contribution >= 0.6 is 11.6 Å². The Labute approximate surface area is 162 Å². The number of halogens is 1. The predicted molar refractivity (Wildman–Crippen MR) is 109 cm³/mol. The average molecular weight is 403 g/mol. The molecule has 0 saturated heterocycles. The van der Waals surface area contributed by atoms with E-state index < -0.39 is 10.0 Å². The van der Waals surface area contributed by atoms with Gasteiger partial charge in [0.1, 0.15) is 10.0 Å². The summed E-state index contributed by atoms with van der Waals surface area (Å²) in [4.78, 5) is 0.00255. The fourth-order valence-corrected chi connectivity index (χ4v) is 5.38. The highest BCUT2D eigenvalue weighted by molar-refractivity contribution is 7.92. The number of nitrogens with one attached hydrogen (secondary N) is 1. The quantitative estimate of drug-likeness (QED) is 0.553. The molecule has 0 amide bonds. The summed E-state index contributed by atoms with van der Waals surface area (Å²) in [6.07, 6.45) is 0. The van der Waals surface area contributed by atoms with E-state index in [-0.39, 0.29) is 10.0 Å². The molecular weight excluding hydrogens is 384 g/mol. The molecule has 4 rings (SSSR count). The van der Waals surface area contributed by atoms with E-state index in [1.165, 1.54) is 4.68 Å². The summed E-state index contributed by atoms with van der Waals surface area (Å²) in [7, 11) is -2.24. The standard InChI is InChI=1S/C19H19ClN4O2S/c1-4-24-16-8-6-5-7-14(16)15-11-13(9-10-17(15)24)22-27(25,26)18-12(2)21-23(3)19(18)20/h5-11,22H,4H2,1-3H3. The molecule has 0 aliphatic heterocycles. The Bertz CT molecular complexity index is 1290. The second kappa shape index (κ2) is 6.28. The first kappa shape index (κ1) is 17.9. The van der Waals surface area contributed by atoms with Crippen molar-refractivity contribution in [2.45, 2.75) is 25.3 Å². The number of hydrogen-bond acceptors (Lipinski definition) is 3. The second-order valence-electron chi connectivity index (χ2n) is 6.43. The third-order valence-electron chi connectivity index (χ3n) is 4.71. The molecule has 0 atom stereocenters. The molecule has 27 heavy (non-hydrogen) atoms. The number of aryl methyl sites for hydroxylation is 3. The number of hydrogen-bond donors (Lipinski definition) is 1. The van der Waals surface area contributed by atoms with Crippen molar-refractivity contribution < 1.29 is 8.42 Å². The third-order valence-corrected chi connectivity index (χ3v) is 6.79. The SMILES string of the molecule is CCn1c2ccccc2c2cc(NS(=O)(=O)c3c(C)nn(C)c3Cl)ccc21. The van der Waals surface area contributed by atoms with Gasteiger partial charge in [-0.3, -0.25) is 9.40 Å². The molecule has 2 aromatic heterocycles. The Kier molecular flexibility index (Phi) is 4.16. The van der Waals surface area contributed by atoms with Crippen LogP contribution in [-0.4, -0.2) is 22.8 Å². The highest BCUT2D eigenvalue weighted by Crippen LogP contribution is 2.32. The zero-order valence-corrected chi connectivity index (χ0v) is 16.8. The number of para-hydroxylation sites is 1. The Morgan fingerprint density at radius 2 is 1.81 bits per heavy atom. The molecule has 0 fully saturated rings. The van der Waals surface area contributed by atoms with E-state index >= 15 is 0 Å². The first-order valence-corrected chi connectivity index (χ1v) is 10.4. The van der Waals surface area contributed by atoms with Gasteiger partial charge in [-0.15, -0.1) is 0 Å². The molecule has 0 saturated carbocycles. The Balaban J connectivity index is 1.84. The summed E-state index contributed by atoms with van der Waals surface area (Å²) in [5.74, 6) is 0. The van der Waals surface area contributed by atoms with Crippen molar-refractivity contribution in [2.75, 3.05) is 4.72 Å². The highest BCUT2D eigenvalue weighted by Gasteiger charge is 2.25. The molecule has 0 radical (unpaired) electrons. The summed E-state index contributed by atoms with van der Waals surface area (Å²) in [6.45, 7) is 4.55. The van der Waals surface area contributed by atoms with Gasteiger partial charge in [-0.25, -0.2) is 8.42 Å². The molecule has 0 unspecified atom stereocenters. The second-order valence-corrected chi connectivity index (χ2v) is 8.41. The van der Waals surface area contributed by atoms with Gasteiger partial charge >= 0.3 is 0 Å². The van der Waals surface area contributed by atoms with E-state index in [1.54, 1.807) is 20.0 Å². The van der Waals surface area contributed by atoms with Crippen molar-refractivity contribution in [1.82, 2.24) is 14.3 Å². The van der Waals surface area contributed by atoms with Crippen LogP contribution in [0.1, 0.15) is 12.6 Å². The number of rotatable bonds is 4. The van der Waals surface area contributed by atoms with Crippen LogP contribution < -0.4 is 4.72 Å². The van der Waals surface area contributed by atoms with Crippen LogP contribution in [-0.2, 0) is 23.6 Å². The van der Waals surface area contributed by atoms with Crippen LogP contribution in [0.4, 0.5) is 5.69 Å². The van der Waals surface area contributed by atoms with E-state index in [0.717, 1.165) is 28.4 Å². The van der Waals surface area contributed by atoms with Gasteiger partial charge in [0.25, 0.3) is 10.0 Å². The third kappa shape index (κ3) is 2.78. The summed E-state index contributed by atoms with van der Waals surface area (Å²) in [5, 5.41) is 6.26. The number of fused-ring (bicyclic) bond motifs is 3. The van der Waals surface area contributed by atoms with Gasteiger partial charge in [-0.1, -0.05) is 29.8 Å². The Hall–Kier alpha value is -2.51. The number of sulfonamides is 1. The van der Waals surface area contributed by atoms with Gasteiger partial charge in [-0.05, 0) is 38.1 Å². The number of aromatic nitrogens is 3. The highest BCUT2D eigenvalue weighted by atomic mass is 35.5. The molecule has 0 aliphatic rings. The monoisotopic (exact) mass is 402 g/mol. The molecule has 6 nitrogen and oxygen atoms in total. The summed E-state index contributed by atoms with van der Waals surface area (Å²) >= 11 is 6.14. The van der Waals surface area contributed by atoms with Crippen LogP contribution in [0, 0.1) is 6.92 Å². The van der Waals surface area contributed by atoms with Gasteiger partial charge in [-0.2, -0.15) is 5.10 Å². The van der Waals surface area contributed by atoms with Crippen LogP contribution in [0.2, 0.25) is 5.15 Å². The van der Waals surface area contributed by atoms with Gasteiger partial charge in [0.15, 0.2) is 0 Å². The van der Waals surface area contributed by atoms with Gasteiger partial charge in [0, 0.05) is 41.1 Å². The molecule has 0 bridgehead atoms. The van der Waals surface area contributed by atoms with E-state index in [2.05, 4.69) is 27.4 Å². The van der Waals surface area contributed by atoms with Crippen molar-refractivity contribution in [2.24, 2.45) is 7.05 Å². The number of benzene rings is 2. The minimum Gasteiger partial charge on any atom is -0.341 e. The summed E-state index contributed by atoms with van der Waals surface area (Å²) < 4.78 is 31.9. The zero-order chi connectivity index (χ0) is 19.3. The molecule has 140 valence electrons. The van der Waals surface area contributed by atoms with E-state index in [1.807, 2.05) is 30.3 Å². The fraction of sp³-hybridized carbons (Fsp3) is 0.211. The molecule has 8 heteroatoms. The Morgan fingerprint density at radius 3 is 2.48 bits per heavy atom. The first-order valence-electron chi connectivity index (χ1n) is 8.56. The maximum Gasteiger partial charge on any atom is 0.266 e. The van der Waals surface area contributed by atoms with Crippen LogP contribution in [0.5, 0.6) is 0 Å². The fourth-order valence-electron chi connectivity index (χ4n) is 3.58. The summed E-state index contributed by atoms with van der Waals surface area (Å²) in [6, 6.07) is 13.7. The maximum atomic E-state index is 12.9. The lowest BCUT2D eigenvalue weighted by molar-refractivity contribution is 0.600. The average Bonchev–Trinajstić information content (AvgIpc) is 3.08. The van der Waals surface area contributed by atoms with Crippen molar-refractivity contribution >= 4 is 49.1 Å². The predicted octanol–water partition coefficient (Wildman–Crippen LogP) is 4.31. The van der Waals surface area contributed by atoms with Crippen LogP contribution in [0.3, 0.4) is 0 Å². The number of nitrogens with zero attached hydrogens (tertiary/aromatic N) is 3. The largest absolute Gasteiger partial charge is 0.341 e. The minimum absolute atomic E-state index is 0.00255. The van der Waals surface area contributed by atoms with Gasteiger partial charge < -0.3 is 4.57 Å². The summed E-state index contributed by atoms with van der Waals surface area (Å²) in [5.41, 5.74) is 3.04. The van der Waals surface area contributed by atoms with E-state index in [4.69, 9.17) is 11.6 Å². The van der Waals surface area contributed by atoms with E-state index in [9.17, 15) is 8.42 Å². The molecular formula is C19H19ClN4O2S. The number of anilines is 1. The van der Waals surface area contributed by atoms with Crippen LogP contribution in [0.25, 0.3) is 21.8 Å². The van der Waals surface area contributed by atoms with Crippen molar-refractivity contribution in [3.8, 4) is 0 Å². The minimum atomic E-state index is -3.85. The zero-order valence-electron chi connectivity index (χ0n) is 15.2. The molecule has 2 heterocycles. The smallest absolute Gasteiger partial charge is 0.266 e. The first-order chi connectivity index (χ1) is 12.8. The molecule has 0 aliphatic carbocycles. The lowest BCUT2D eigenvalue weighted by atomic mass is 10.1. The normalized spacial score (nSPS) is 12.1.